The number of amides is 2. The third-order valence-electron chi connectivity index (χ3n) is 4.77. The summed E-state index contributed by atoms with van der Waals surface area (Å²) in [7, 11) is 0. The third kappa shape index (κ3) is 7.61. The molecule has 1 heterocycles. The van der Waals surface area contributed by atoms with Crippen molar-refractivity contribution in [1.82, 2.24) is 15.2 Å². The fourth-order valence-electron chi connectivity index (χ4n) is 3.20. The zero-order valence-corrected chi connectivity index (χ0v) is 19.8. The van der Waals surface area contributed by atoms with Crippen LogP contribution < -0.4 is 5.32 Å². The standard InChI is InChI=1S/C26H28ClN3O3/c1-26(2,3)33-25(32)29-16-17-30(18-19-4-10-23(27)11-5-19)24(31)22-8-6-20(7-9-22)21-12-14-28-15-13-21/h4-15H,16-18H2,1-3H3,(H,29,32). The zero-order valence-electron chi connectivity index (χ0n) is 19.0. The maximum absolute atomic E-state index is 13.3. The Morgan fingerprint density at radius 1 is 0.939 bits per heavy atom. The van der Waals surface area contributed by atoms with Crippen LogP contribution in [0.1, 0.15) is 36.7 Å². The van der Waals surface area contributed by atoms with Gasteiger partial charge in [0.25, 0.3) is 5.91 Å². The predicted molar refractivity (Wildman–Crippen MR) is 130 cm³/mol. The number of carbonyl (C=O) groups is 2. The number of halogens is 1. The zero-order chi connectivity index (χ0) is 23.8. The molecule has 0 aliphatic heterocycles. The Hall–Kier alpha value is -3.38. The van der Waals surface area contributed by atoms with Crippen LogP contribution in [-0.4, -0.2) is 40.6 Å². The van der Waals surface area contributed by atoms with Gasteiger partial charge < -0.3 is 15.0 Å². The number of ether oxygens (including phenoxy) is 1. The number of benzene rings is 2. The number of pyridine rings is 1. The molecular formula is C26H28ClN3O3. The highest BCUT2D eigenvalue weighted by molar-refractivity contribution is 6.30. The van der Waals surface area contributed by atoms with E-state index < -0.39 is 11.7 Å². The van der Waals surface area contributed by atoms with E-state index in [4.69, 9.17) is 16.3 Å². The Morgan fingerprint density at radius 2 is 1.55 bits per heavy atom. The monoisotopic (exact) mass is 465 g/mol. The second-order valence-corrected chi connectivity index (χ2v) is 9.03. The molecule has 1 aromatic heterocycles. The van der Waals surface area contributed by atoms with E-state index in [-0.39, 0.29) is 12.5 Å². The third-order valence-corrected chi connectivity index (χ3v) is 5.02. The summed E-state index contributed by atoms with van der Waals surface area (Å²) in [5.74, 6) is -0.128. The van der Waals surface area contributed by atoms with Crippen LogP contribution in [0.4, 0.5) is 4.79 Å². The summed E-state index contributed by atoms with van der Waals surface area (Å²) >= 11 is 6.00. The number of rotatable bonds is 7. The molecule has 0 fully saturated rings. The first-order valence-corrected chi connectivity index (χ1v) is 11.1. The maximum atomic E-state index is 13.3. The van der Waals surface area contributed by atoms with Gasteiger partial charge in [0.15, 0.2) is 0 Å². The predicted octanol–water partition coefficient (Wildman–Crippen LogP) is 5.57. The van der Waals surface area contributed by atoms with Gasteiger partial charge in [-0.2, -0.15) is 0 Å². The topological polar surface area (TPSA) is 71.5 Å². The summed E-state index contributed by atoms with van der Waals surface area (Å²) in [4.78, 5) is 31.0. The molecule has 6 nitrogen and oxygen atoms in total. The number of nitrogens with one attached hydrogen (secondary N) is 1. The lowest BCUT2D eigenvalue weighted by Crippen LogP contribution is -2.40. The van der Waals surface area contributed by atoms with Crippen LogP contribution in [0.3, 0.4) is 0 Å². The van der Waals surface area contributed by atoms with Crippen LogP contribution in [0.15, 0.2) is 73.1 Å². The molecule has 3 rings (SSSR count). The normalized spacial score (nSPS) is 11.0. The highest BCUT2D eigenvalue weighted by atomic mass is 35.5. The molecule has 1 N–H and O–H groups in total. The summed E-state index contributed by atoms with van der Waals surface area (Å²) in [5, 5.41) is 3.35. The van der Waals surface area contributed by atoms with E-state index in [1.165, 1.54) is 0 Å². The van der Waals surface area contributed by atoms with Crippen molar-refractivity contribution < 1.29 is 14.3 Å². The number of aromatic nitrogens is 1. The van der Waals surface area contributed by atoms with Crippen LogP contribution >= 0.6 is 11.6 Å². The first kappa shape index (κ1) is 24.3. The Labute approximate surface area is 199 Å². The molecule has 0 unspecified atom stereocenters. The fraction of sp³-hybridized carbons (Fsp3) is 0.269. The van der Waals surface area contributed by atoms with E-state index in [1.54, 1.807) is 50.2 Å². The summed E-state index contributed by atoms with van der Waals surface area (Å²) in [6, 6.07) is 18.7. The number of nitrogens with zero attached hydrogens (tertiary/aromatic N) is 2. The van der Waals surface area contributed by atoms with Crippen molar-refractivity contribution in [3.8, 4) is 11.1 Å². The van der Waals surface area contributed by atoms with Gasteiger partial charge in [-0.3, -0.25) is 9.78 Å². The Balaban J connectivity index is 1.72. The number of carbonyl (C=O) groups excluding carboxylic acids is 2. The van der Waals surface area contributed by atoms with Crippen molar-refractivity contribution in [2.24, 2.45) is 0 Å². The highest BCUT2D eigenvalue weighted by Crippen LogP contribution is 2.20. The lowest BCUT2D eigenvalue weighted by atomic mass is 10.0. The Bertz CT molecular complexity index is 1060. The van der Waals surface area contributed by atoms with E-state index in [2.05, 4.69) is 10.3 Å². The molecular weight excluding hydrogens is 438 g/mol. The first-order chi connectivity index (χ1) is 15.7. The van der Waals surface area contributed by atoms with Crippen molar-refractivity contribution in [2.75, 3.05) is 13.1 Å². The van der Waals surface area contributed by atoms with Crippen molar-refractivity contribution in [3.63, 3.8) is 0 Å². The van der Waals surface area contributed by atoms with Gasteiger partial charge in [-0.25, -0.2) is 4.79 Å². The molecule has 0 bridgehead atoms. The molecule has 0 spiro atoms. The van der Waals surface area contributed by atoms with Crippen LogP contribution in [0.2, 0.25) is 5.02 Å². The molecule has 2 aromatic carbocycles. The highest BCUT2D eigenvalue weighted by Gasteiger charge is 2.19. The maximum Gasteiger partial charge on any atom is 0.407 e. The molecule has 0 saturated heterocycles. The average Bonchev–Trinajstić information content (AvgIpc) is 2.79. The summed E-state index contributed by atoms with van der Waals surface area (Å²) in [6.07, 6.45) is 2.96. The number of alkyl carbamates (subject to hydrolysis) is 1. The van der Waals surface area contributed by atoms with Crippen LogP contribution in [0, 0.1) is 0 Å². The minimum Gasteiger partial charge on any atom is -0.444 e. The number of hydrogen-bond acceptors (Lipinski definition) is 4. The SMILES string of the molecule is CC(C)(C)OC(=O)NCCN(Cc1ccc(Cl)cc1)C(=O)c1ccc(-c2ccncc2)cc1. The smallest absolute Gasteiger partial charge is 0.407 e. The lowest BCUT2D eigenvalue weighted by molar-refractivity contribution is 0.0512. The van der Waals surface area contributed by atoms with E-state index >= 15 is 0 Å². The van der Waals surface area contributed by atoms with E-state index in [1.807, 2.05) is 48.5 Å². The van der Waals surface area contributed by atoms with Gasteiger partial charge in [-0.1, -0.05) is 35.9 Å². The molecule has 3 aromatic rings. The van der Waals surface area contributed by atoms with E-state index in [0.29, 0.717) is 23.7 Å². The molecule has 0 atom stereocenters. The molecule has 33 heavy (non-hydrogen) atoms. The van der Waals surface area contributed by atoms with Crippen molar-refractivity contribution in [2.45, 2.75) is 32.9 Å². The Morgan fingerprint density at radius 3 is 2.15 bits per heavy atom. The molecule has 0 aliphatic rings. The van der Waals surface area contributed by atoms with Gasteiger partial charge in [0.2, 0.25) is 0 Å². The second kappa shape index (κ2) is 11.0. The van der Waals surface area contributed by atoms with E-state index in [0.717, 1.165) is 16.7 Å². The second-order valence-electron chi connectivity index (χ2n) is 8.60. The molecule has 172 valence electrons. The molecule has 0 radical (unpaired) electrons. The molecule has 7 heteroatoms. The summed E-state index contributed by atoms with van der Waals surface area (Å²) in [6.45, 7) is 6.39. The van der Waals surface area contributed by atoms with Gasteiger partial charge in [0.05, 0.1) is 0 Å². The minimum absolute atomic E-state index is 0.128. The van der Waals surface area contributed by atoms with Gasteiger partial charge in [0.1, 0.15) is 5.60 Å². The van der Waals surface area contributed by atoms with Crippen LogP contribution in [-0.2, 0) is 11.3 Å². The van der Waals surface area contributed by atoms with Crippen LogP contribution in [0.5, 0.6) is 0 Å². The van der Waals surface area contributed by atoms with Crippen molar-refractivity contribution in [3.05, 3.63) is 89.2 Å². The summed E-state index contributed by atoms with van der Waals surface area (Å²) in [5.41, 5.74) is 2.96. The largest absolute Gasteiger partial charge is 0.444 e. The van der Waals surface area contributed by atoms with E-state index in [9.17, 15) is 9.59 Å². The first-order valence-electron chi connectivity index (χ1n) is 10.7. The number of hydrogen-bond donors (Lipinski definition) is 1. The fourth-order valence-corrected chi connectivity index (χ4v) is 3.33. The van der Waals surface area contributed by atoms with Gasteiger partial charge >= 0.3 is 6.09 Å². The molecule has 0 aliphatic carbocycles. The minimum atomic E-state index is -0.584. The average molecular weight is 466 g/mol. The molecule has 2 amide bonds. The van der Waals surface area contributed by atoms with Gasteiger partial charge in [0, 0.05) is 42.6 Å². The van der Waals surface area contributed by atoms with Crippen molar-refractivity contribution >= 4 is 23.6 Å². The lowest BCUT2D eigenvalue weighted by Gasteiger charge is -2.24. The summed E-state index contributed by atoms with van der Waals surface area (Å²) < 4.78 is 5.28. The Kier molecular flexibility index (Phi) is 8.06. The van der Waals surface area contributed by atoms with Crippen molar-refractivity contribution in [1.29, 1.82) is 0 Å². The molecule has 0 saturated carbocycles. The van der Waals surface area contributed by atoms with Crippen LogP contribution in [0.25, 0.3) is 11.1 Å². The van der Waals surface area contributed by atoms with Gasteiger partial charge in [-0.05, 0) is 73.9 Å². The quantitative estimate of drug-likeness (QED) is 0.495. The van der Waals surface area contributed by atoms with Gasteiger partial charge in [-0.15, -0.1) is 0 Å².